The van der Waals surface area contributed by atoms with Gasteiger partial charge in [-0.15, -0.1) is 0 Å². The number of pyridine rings is 1. The Kier molecular flexibility index (Phi) is 4.34. The molecule has 0 aliphatic rings. The van der Waals surface area contributed by atoms with Crippen LogP contribution in [-0.4, -0.2) is 10.9 Å². The van der Waals surface area contributed by atoms with Crippen LogP contribution in [0.4, 0.5) is 14.5 Å². The minimum absolute atomic E-state index is 0.182. The Morgan fingerprint density at radius 2 is 1.56 bits per heavy atom. The number of halogens is 2. The maximum Gasteiger partial charge on any atom is 0.256 e. The van der Waals surface area contributed by atoms with Gasteiger partial charge >= 0.3 is 0 Å². The fraction of sp³-hybridized carbons (Fsp3) is 0. The second kappa shape index (κ2) is 6.96. The molecule has 0 aliphatic carbocycles. The topological polar surface area (TPSA) is 42.0 Å². The molecule has 0 aliphatic heterocycles. The molecule has 1 N–H and O–H groups in total. The number of rotatable bonds is 3. The van der Waals surface area contributed by atoms with E-state index in [1.165, 1.54) is 6.07 Å². The number of hydrogen-bond donors (Lipinski definition) is 1. The lowest BCUT2D eigenvalue weighted by Gasteiger charge is -2.11. The third-order valence-corrected chi connectivity index (χ3v) is 4.21. The highest BCUT2D eigenvalue weighted by atomic mass is 19.2. The molecule has 3 nitrogen and oxygen atoms in total. The minimum Gasteiger partial charge on any atom is -0.322 e. The van der Waals surface area contributed by atoms with Gasteiger partial charge < -0.3 is 5.32 Å². The SMILES string of the molecule is O=C(Nc1ccc(F)c(F)c1)c1cc(-c2ccccc2)nc2ccccc12. The molecule has 4 rings (SSSR count). The monoisotopic (exact) mass is 360 g/mol. The number of aromatic nitrogens is 1. The molecule has 1 aromatic heterocycles. The molecule has 0 bridgehead atoms. The molecule has 3 aromatic carbocycles. The average Bonchev–Trinajstić information content (AvgIpc) is 2.70. The maximum absolute atomic E-state index is 13.4. The molecule has 0 saturated carbocycles. The number of nitrogens with zero attached hydrogens (tertiary/aromatic N) is 1. The fourth-order valence-corrected chi connectivity index (χ4v) is 2.89. The highest BCUT2D eigenvalue weighted by Gasteiger charge is 2.15. The van der Waals surface area contributed by atoms with Crippen molar-refractivity contribution in [3.8, 4) is 11.3 Å². The number of nitrogens with one attached hydrogen (secondary N) is 1. The van der Waals surface area contributed by atoms with E-state index in [-0.39, 0.29) is 5.69 Å². The Hall–Kier alpha value is -3.60. The van der Waals surface area contributed by atoms with Crippen LogP contribution in [0.15, 0.2) is 78.9 Å². The molecular weight excluding hydrogens is 346 g/mol. The van der Waals surface area contributed by atoms with Crippen molar-refractivity contribution >= 4 is 22.5 Å². The Bertz CT molecular complexity index is 1140. The molecular formula is C22H14F2N2O. The van der Waals surface area contributed by atoms with E-state index >= 15 is 0 Å². The van der Waals surface area contributed by atoms with Gasteiger partial charge in [-0.3, -0.25) is 4.79 Å². The summed E-state index contributed by atoms with van der Waals surface area (Å²) in [4.78, 5) is 17.5. The van der Waals surface area contributed by atoms with E-state index in [0.717, 1.165) is 17.7 Å². The van der Waals surface area contributed by atoms with Crippen LogP contribution in [0.2, 0.25) is 0 Å². The lowest BCUT2D eigenvalue weighted by Crippen LogP contribution is -2.13. The largest absolute Gasteiger partial charge is 0.322 e. The summed E-state index contributed by atoms with van der Waals surface area (Å²) in [5, 5.41) is 3.30. The first-order chi connectivity index (χ1) is 13.1. The van der Waals surface area contributed by atoms with Crippen molar-refractivity contribution < 1.29 is 13.6 Å². The predicted octanol–water partition coefficient (Wildman–Crippen LogP) is 5.43. The Balaban J connectivity index is 1.79. The maximum atomic E-state index is 13.4. The van der Waals surface area contributed by atoms with Crippen LogP contribution in [0.3, 0.4) is 0 Å². The predicted molar refractivity (Wildman–Crippen MR) is 101 cm³/mol. The van der Waals surface area contributed by atoms with Crippen molar-refractivity contribution in [2.45, 2.75) is 0 Å². The van der Waals surface area contributed by atoms with Gasteiger partial charge in [0.25, 0.3) is 5.91 Å². The van der Waals surface area contributed by atoms with Crippen LogP contribution in [0.1, 0.15) is 10.4 Å². The van der Waals surface area contributed by atoms with E-state index in [4.69, 9.17) is 0 Å². The first kappa shape index (κ1) is 16.8. The van der Waals surface area contributed by atoms with Crippen molar-refractivity contribution in [2.24, 2.45) is 0 Å². The van der Waals surface area contributed by atoms with Crippen LogP contribution >= 0.6 is 0 Å². The highest BCUT2D eigenvalue weighted by molar-refractivity contribution is 6.13. The number of carbonyl (C=O) groups is 1. The fourth-order valence-electron chi connectivity index (χ4n) is 2.89. The summed E-state index contributed by atoms with van der Waals surface area (Å²) in [5.41, 5.74) is 2.80. The molecule has 0 spiro atoms. The van der Waals surface area contributed by atoms with Crippen LogP contribution in [0, 0.1) is 11.6 Å². The van der Waals surface area contributed by atoms with Crippen molar-refractivity contribution in [3.63, 3.8) is 0 Å². The summed E-state index contributed by atoms with van der Waals surface area (Å²) in [5.74, 6) is -2.40. The van der Waals surface area contributed by atoms with E-state index in [2.05, 4.69) is 10.3 Å². The molecule has 132 valence electrons. The summed E-state index contributed by atoms with van der Waals surface area (Å²) in [6.45, 7) is 0. The van der Waals surface area contributed by atoms with E-state index in [1.807, 2.05) is 48.5 Å². The van der Waals surface area contributed by atoms with Crippen LogP contribution in [0.25, 0.3) is 22.2 Å². The first-order valence-electron chi connectivity index (χ1n) is 8.33. The zero-order valence-electron chi connectivity index (χ0n) is 14.1. The Labute approximate surface area is 154 Å². The molecule has 1 amide bonds. The molecule has 0 atom stereocenters. The first-order valence-corrected chi connectivity index (χ1v) is 8.33. The normalized spacial score (nSPS) is 10.7. The van der Waals surface area contributed by atoms with Gasteiger partial charge in [0, 0.05) is 22.7 Å². The van der Waals surface area contributed by atoms with E-state index in [9.17, 15) is 13.6 Å². The summed E-state index contributed by atoms with van der Waals surface area (Å²) in [6, 6.07) is 21.8. The van der Waals surface area contributed by atoms with Gasteiger partial charge in [0.1, 0.15) is 0 Å². The standard InChI is InChI=1S/C22H14F2N2O/c23-18-11-10-15(12-19(18)24)25-22(27)17-13-21(14-6-2-1-3-7-14)26-20-9-5-4-8-16(17)20/h1-13H,(H,25,27). The number of amides is 1. The third kappa shape index (κ3) is 3.40. The number of carbonyl (C=O) groups excluding carboxylic acids is 1. The quantitative estimate of drug-likeness (QED) is 0.529. The molecule has 27 heavy (non-hydrogen) atoms. The van der Waals surface area contributed by atoms with Gasteiger partial charge in [0.05, 0.1) is 16.8 Å². The number of anilines is 1. The van der Waals surface area contributed by atoms with Crippen LogP contribution < -0.4 is 5.32 Å². The summed E-state index contributed by atoms with van der Waals surface area (Å²) >= 11 is 0. The van der Waals surface area contributed by atoms with E-state index in [1.54, 1.807) is 12.1 Å². The average molecular weight is 360 g/mol. The Morgan fingerprint density at radius 1 is 0.815 bits per heavy atom. The second-order valence-electron chi connectivity index (χ2n) is 6.02. The zero-order chi connectivity index (χ0) is 18.8. The number of para-hydroxylation sites is 1. The summed E-state index contributed by atoms with van der Waals surface area (Å²) < 4.78 is 26.5. The number of fused-ring (bicyclic) bond motifs is 1. The van der Waals surface area contributed by atoms with Crippen molar-refractivity contribution in [3.05, 3.63) is 96.1 Å². The summed E-state index contributed by atoms with van der Waals surface area (Å²) in [6.07, 6.45) is 0. The molecule has 5 heteroatoms. The van der Waals surface area contributed by atoms with Gasteiger partial charge in [0.2, 0.25) is 0 Å². The highest BCUT2D eigenvalue weighted by Crippen LogP contribution is 2.25. The van der Waals surface area contributed by atoms with Crippen molar-refractivity contribution in [1.82, 2.24) is 4.98 Å². The van der Waals surface area contributed by atoms with Crippen molar-refractivity contribution in [1.29, 1.82) is 0 Å². The van der Waals surface area contributed by atoms with Gasteiger partial charge in [-0.2, -0.15) is 0 Å². The van der Waals surface area contributed by atoms with E-state index in [0.29, 0.717) is 22.2 Å². The molecule has 4 aromatic rings. The number of hydrogen-bond acceptors (Lipinski definition) is 2. The van der Waals surface area contributed by atoms with Gasteiger partial charge in [-0.1, -0.05) is 48.5 Å². The van der Waals surface area contributed by atoms with Crippen LogP contribution in [-0.2, 0) is 0 Å². The molecule has 0 unspecified atom stereocenters. The van der Waals surface area contributed by atoms with Crippen molar-refractivity contribution in [2.75, 3.05) is 5.32 Å². The smallest absolute Gasteiger partial charge is 0.256 e. The minimum atomic E-state index is -1.02. The molecule has 0 radical (unpaired) electrons. The lowest BCUT2D eigenvalue weighted by molar-refractivity contribution is 0.102. The van der Waals surface area contributed by atoms with E-state index < -0.39 is 17.5 Å². The van der Waals surface area contributed by atoms with Gasteiger partial charge in [0.15, 0.2) is 11.6 Å². The van der Waals surface area contributed by atoms with Crippen LogP contribution in [0.5, 0.6) is 0 Å². The second-order valence-corrected chi connectivity index (χ2v) is 6.02. The third-order valence-electron chi connectivity index (χ3n) is 4.21. The number of benzene rings is 3. The zero-order valence-corrected chi connectivity index (χ0v) is 14.1. The van der Waals surface area contributed by atoms with Gasteiger partial charge in [-0.25, -0.2) is 13.8 Å². The lowest BCUT2D eigenvalue weighted by atomic mass is 10.0. The molecule has 0 saturated heterocycles. The van der Waals surface area contributed by atoms with Gasteiger partial charge in [-0.05, 0) is 24.3 Å². The summed E-state index contributed by atoms with van der Waals surface area (Å²) in [7, 11) is 0. The Morgan fingerprint density at radius 3 is 2.33 bits per heavy atom. The molecule has 0 fully saturated rings. The molecule has 1 heterocycles.